The lowest BCUT2D eigenvalue weighted by Gasteiger charge is -2.20. The maximum atomic E-state index is 12.3. The van der Waals surface area contributed by atoms with Crippen LogP contribution in [0.4, 0.5) is 5.69 Å². The van der Waals surface area contributed by atoms with Crippen molar-refractivity contribution in [2.45, 2.75) is 25.7 Å². The molecule has 0 aliphatic carbocycles. The molecular formula is C12H20N2O2S. The molecule has 0 unspecified atom stereocenters. The van der Waals surface area contributed by atoms with E-state index in [1.807, 2.05) is 13.8 Å². The van der Waals surface area contributed by atoms with Gasteiger partial charge in [0, 0.05) is 19.3 Å². The van der Waals surface area contributed by atoms with Gasteiger partial charge >= 0.3 is 0 Å². The van der Waals surface area contributed by atoms with E-state index in [9.17, 15) is 8.42 Å². The first-order valence-electron chi connectivity index (χ1n) is 5.58. The van der Waals surface area contributed by atoms with E-state index in [0.29, 0.717) is 22.7 Å². The van der Waals surface area contributed by atoms with Crippen molar-refractivity contribution in [1.29, 1.82) is 0 Å². The highest BCUT2D eigenvalue weighted by molar-refractivity contribution is 7.89. The Morgan fingerprint density at radius 2 is 1.94 bits per heavy atom. The number of benzene rings is 1. The monoisotopic (exact) mass is 256 g/mol. The zero-order valence-electron chi connectivity index (χ0n) is 10.8. The largest absolute Gasteiger partial charge is 0.398 e. The summed E-state index contributed by atoms with van der Waals surface area (Å²) in [5.41, 5.74) is 6.85. The Labute approximate surface area is 103 Å². The van der Waals surface area contributed by atoms with Crippen LogP contribution < -0.4 is 5.73 Å². The Kier molecular flexibility index (Phi) is 4.16. The smallest absolute Gasteiger partial charge is 0.243 e. The molecule has 0 aromatic heterocycles. The molecular weight excluding hydrogens is 236 g/mol. The van der Waals surface area contributed by atoms with Gasteiger partial charge in [0.15, 0.2) is 0 Å². The average Bonchev–Trinajstić information content (AvgIpc) is 2.20. The minimum Gasteiger partial charge on any atom is -0.398 e. The molecule has 0 aliphatic heterocycles. The molecule has 0 amide bonds. The summed E-state index contributed by atoms with van der Waals surface area (Å²) in [6.07, 6.45) is 0. The fourth-order valence-electron chi connectivity index (χ4n) is 1.69. The van der Waals surface area contributed by atoms with Crippen LogP contribution in [0.25, 0.3) is 0 Å². The zero-order valence-corrected chi connectivity index (χ0v) is 11.6. The lowest BCUT2D eigenvalue weighted by atomic mass is 10.2. The topological polar surface area (TPSA) is 63.4 Å². The lowest BCUT2D eigenvalue weighted by Crippen LogP contribution is -2.31. The van der Waals surface area contributed by atoms with Crippen molar-refractivity contribution in [2.75, 3.05) is 19.3 Å². The molecule has 96 valence electrons. The summed E-state index contributed by atoms with van der Waals surface area (Å²) in [5.74, 6) is 0.288. The van der Waals surface area contributed by atoms with Gasteiger partial charge in [-0.2, -0.15) is 0 Å². The summed E-state index contributed by atoms with van der Waals surface area (Å²) in [7, 11) is -1.84. The molecule has 0 atom stereocenters. The highest BCUT2D eigenvalue weighted by Crippen LogP contribution is 2.23. The van der Waals surface area contributed by atoms with E-state index >= 15 is 0 Å². The highest BCUT2D eigenvalue weighted by Gasteiger charge is 2.23. The van der Waals surface area contributed by atoms with Crippen LogP contribution in [0, 0.1) is 12.8 Å². The maximum absolute atomic E-state index is 12.3. The molecule has 1 aromatic carbocycles. The van der Waals surface area contributed by atoms with Crippen molar-refractivity contribution in [3.8, 4) is 0 Å². The molecule has 5 heteroatoms. The van der Waals surface area contributed by atoms with Crippen molar-refractivity contribution in [3.05, 3.63) is 23.8 Å². The maximum Gasteiger partial charge on any atom is 0.243 e. The number of sulfonamides is 1. The Bertz CT molecular complexity index is 495. The van der Waals surface area contributed by atoms with Crippen LogP contribution in [0.1, 0.15) is 19.4 Å². The number of anilines is 1. The number of nitrogens with zero attached hydrogens (tertiary/aromatic N) is 1. The van der Waals surface area contributed by atoms with E-state index in [1.54, 1.807) is 32.2 Å². The Hall–Kier alpha value is -1.07. The van der Waals surface area contributed by atoms with Crippen molar-refractivity contribution in [1.82, 2.24) is 4.31 Å². The first-order chi connectivity index (χ1) is 7.76. The second-order valence-electron chi connectivity index (χ2n) is 4.65. The van der Waals surface area contributed by atoms with Crippen LogP contribution >= 0.6 is 0 Å². The summed E-state index contributed by atoms with van der Waals surface area (Å²) < 4.78 is 26.0. The van der Waals surface area contributed by atoms with Gasteiger partial charge < -0.3 is 5.73 Å². The second-order valence-corrected chi connectivity index (χ2v) is 6.66. The lowest BCUT2D eigenvalue weighted by molar-refractivity contribution is 0.417. The van der Waals surface area contributed by atoms with Crippen molar-refractivity contribution in [3.63, 3.8) is 0 Å². The van der Waals surface area contributed by atoms with E-state index in [2.05, 4.69) is 0 Å². The van der Waals surface area contributed by atoms with Gasteiger partial charge in [-0.25, -0.2) is 12.7 Å². The number of nitrogens with two attached hydrogens (primary N) is 1. The first-order valence-corrected chi connectivity index (χ1v) is 7.02. The molecule has 0 bridgehead atoms. The summed E-state index contributed by atoms with van der Waals surface area (Å²) in [4.78, 5) is 0.292. The van der Waals surface area contributed by atoms with Crippen LogP contribution in [0.2, 0.25) is 0 Å². The van der Waals surface area contributed by atoms with E-state index in [1.165, 1.54) is 4.31 Å². The molecule has 0 heterocycles. The fraction of sp³-hybridized carbons (Fsp3) is 0.500. The molecule has 17 heavy (non-hydrogen) atoms. The van der Waals surface area contributed by atoms with Crippen LogP contribution in [-0.4, -0.2) is 26.3 Å². The Morgan fingerprint density at radius 3 is 2.47 bits per heavy atom. The SMILES string of the molecule is Cc1c(N)cccc1S(=O)(=O)N(C)CC(C)C. The van der Waals surface area contributed by atoms with Gasteiger partial charge in [0.25, 0.3) is 0 Å². The first kappa shape index (κ1) is 14.0. The Morgan fingerprint density at radius 1 is 1.35 bits per heavy atom. The third kappa shape index (κ3) is 2.98. The van der Waals surface area contributed by atoms with E-state index in [4.69, 9.17) is 5.73 Å². The predicted octanol–water partition coefficient (Wildman–Crippen LogP) is 1.85. The van der Waals surface area contributed by atoms with Gasteiger partial charge in [0.1, 0.15) is 0 Å². The molecule has 0 aliphatic rings. The van der Waals surface area contributed by atoms with Gasteiger partial charge in [-0.05, 0) is 30.5 Å². The molecule has 2 N–H and O–H groups in total. The third-order valence-electron chi connectivity index (χ3n) is 2.64. The molecule has 0 spiro atoms. The third-order valence-corrected chi connectivity index (χ3v) is 4.60. The number of hydrogen-bond acceptors (Lipinski definition) is 3. The number of hydrogen-bond donors (Lipinski definition) is 1. The van der Waals surface area contributed by atoms with Crippen LogP contribution in [0.15, 0.2) is 23.1 Å². The Balaban J connectivity index is 3.18. The summed E-state index contributed by atoms with van der Waals surface area (Å²) >= 11 is 0. The van der Waals surface area contributed by atoms with Gasteiger partial charge in [-0.1, -0.05) is 19.9 Å². The fourth-order valence-corrected chi connectivity index (χ4v) is 3.28. The summed E-state index contributed by atoms with van der Waals surface area (Å²) in [6, 6.07) is 4.97. The normalized spacial score (nSPS) is 12.4. The molecule has 4 nitrogen and oxygen atoms in total. The quantitative estimate of drug-likeness (QED) is 0.836. The van der Waals surface area contributed by atoms with Crippen molar-refractivity contribution >= 4 is 15.7 Å². The standard InChI is InChI=1S/C12H20N2O2S/c1-9(2)8-14(4)17(15,16)12-7-5-6-11(13)10(12)3/h5-7,9H,8,13H2,1-4H3. The molecule has 0 saturated heterocycles. The molecule has 1 aromatic rings. The van der Waals surface area contributed by atoms with Crippen molar-refractivity contribution in [2.24, 2.45) is 5.92 Å². The average molecular weight is 256 g/mol. The minimum absolute atomic E-state index is 0.288. The molecule has 1 rings (SSSR count). The molecule has 0 fully saturated rings. The van der Waals surface area contributed by atoms with Gasteiger partial charge in [0.2, 0.25) is 10.0 Å². The van der Waals surface area contributed by atoms with Crippen LogP contribution in [0.5, 0.6) is 0 Å². The highest BCUT2D eigenvalue weighted by atomic mass is 32.2. The van der Waals surface area contributed by atoms with Gasteiger partial charge in [-0.3, -0.25) is 0 Å². The predicted molar refractivity (Wildman–Crippen MR) is 70.2 cm³/mol. The summed E-state index contributed by atoms with van der Waals surface area (Å²) in [6.45, 7) is 6.19. The van der Waals surface area contributed by atoms with E-state index in [0.717, 1.165) is 0 Å². The number of rotatable bonds is 4. The van der Waals surface area contributed by atoms with Crippen LogP contribution in [0.3, 0.4) is 0 Å². The second kappa shape index (κ2) is 5.06. The molecule has 0 saturated carbocycles. The van der Waals surface area contributed by atoms with E-state index < -0.39 is 10.0 Å². The zero-order chi connectivity index (χ0) is 13.2. The van der Waals surface area contributed by atoms with E-state index in [-0.39, 0.29) is 5.92 Å². The van der Waals surface area contributed by atoms with Crippen molar-refractivity contribution < 1.29 is 8.42 Å². The minimum atomic E-state index is -3.43. The van der Waals surface area contributed by atoms with Gasteiger partial charge in [-0.15, -0.1) is 0 Å². The molecule has 0 radical (unpaired) electrons. The summed E-state index contributed by atoms with van der Waals surface area (Å²) in [5, 5.41) is 0. The van der Waals surface area contributed by atoms with Gasteiger partial charge in [0.05, 0.1) is 4.90 Å². The van der Waals surface area contributed by atoms with Crippen LogP contribution in [-0.2, 0) is 10.0 Å². The number of nitrogen functional groups attached to an aromatic ring is 1.